The van der Waals surface area contributed by atoms with Gasteiger partial charge in [-0.2, -0.15) is 4.31 Å². The fourth-order valence-electron chi connectivity index (χ4n) is 2.94. The van der Waals surface area contributed by atoms with E-state index >= 15 is 0 Å². The van der Waals surface area contributed by atoms with Crippen molar-refractivity contribution in [3.05, 3.63) is 24.5 Å². The van der Waals surface area contributed by atoms with Crippen LogP contribution in [0.1, 0.15) is 25.7 Å². The third-order valence-corrected chi connectivity index (χ3v) is 6.03. The molecule has 22 heavy (non-hydrogen) atoms. The molecule has 2 aliphatic rings. The van der Waals surface area contributed by atoms with E-state index in [-0.39, 0.29) is 18.0 Å². The molecule has 0 amide bonds. The largest absolute Gasteiger partial charge is 0.487 e. The highest BCUT2D eigenvalue weighted by Gasteiger charge is 2.33. The summed E-state index contributed by atoms with van der Waals surface area (Å²) < 4.78 is 37.6. The van der Waals surface area contributed by atoms with Gasteiger partial charge in [0, 0.05) is 19.3 Å². The van der Waals surface area contributed by atoms with Crippen molar-refractivity contribution in [2.24, 2.45) is 0 Å². The van der Waals surface area contributed by atoms with Crippen LogP contribution in [-0.4, -0.2) is 55.4 Å². The van der Waals surface area contributed by atoms with Gasteiger partial charge in [-0.3, -0.25) is 4.98 Å². The number of sulfonamides is 1. The van der Waals surface area contributed by atoms with Crippen LogP contribution in [0.5, 0.6) is 5.75 Å². The van der Waals surface area contributed by atoms with Crippen molar-refractivity contribution in [1.29, 1.82) is 0 Å². The number of hydrogen-bond donors (Lipinski definition) is 0. The summed E-state index contributed by atoms with van der Waals surface area (Å²) in [5.41, 5.74) is 0. The maximum absolute atomic E-state index is 12.4. The molecule has 2 aliphatic heterocycles. The van der Waals surface area contributed by atoms with E-state index in [2.05, 4.69) is 4.98 Å². The van der Waals surface area contributed by atoms with Crippen LogP contribution >= 0.6 is 0 Å². The standard InChI is InChI=1S/C15H22N2O4S/c18-22(19,10-6-13-4-2-9-20-13)17-8-5-15(12-17)21-14-3-1-7-16-11-14/h1,3,7,11,13,15H,2,4-6,8-10,12H2/t13-,15-/m1/s1. The van der Waals surface area contributed by atoms with Gasteiger partial charge in [-0.1, -0.05) is 0 Å². The normalized spacial score (nSPS) is 26.4. The van der Waals surface area contributed by atoms with Gasteiger partial charge in [0.05, 0.1) is 24.6 Å². The lowest BCUT2D eigenvalue weighted by Gasteiger charge is -2.18. The van der Waals surface area contributed by atoms with Crippen molar-refractivity contribution in [2.75, 3.05) is 25.4 Å². The van der Waals surface area contributed by atoms with Crippen LogP contribution in [0.3, 0.4) is 0 Å². The van der Waals surface area contributed by atoms with Crippen LogP contribution in [0.4, 0.5) is 0 Å². The number of rotatable bonds is 6. The predicted octanol–water partition coefficient (Wildman–Crippen LogP) is 1.43. The zero-order chi connectivity index (χ0) is 15.4. The minimum atomic E-state index is -3.21. The first kappa shape index (κ1) is 15.7. The topological polar surface area (TPSA) is 68.7 Å². The zero-order valence-corrected chi connectivity index (χ0v) is 13.4. The van der Waals surface area contributed by atoms with Gasteiger partial charge < -0.3 is 9.47 Å². The zero-order valence-electron chi connectivity index (χ0n) is 12.6. The van der Waals surface area contributed by atoms with E-state index in [4.69, 9.17) is 9.47 Å². The predicted molar refractivity (Wildman–Crippen MR) is 82.2 cm³/mol. The molecule has 6 nitrogen and oxygen atoms in total. The molecule has 2 saturated heterocycles. The summed E-state index contributed by atoms with van der Waals surface area (Å²) >= 11 is 0. The second kappa shape index (κ2) is 6.93. The molecular formula is C15H22N2O4S. The SMILES string of the molecule is O=S(=O)(CC[C@H]1CCCO1)N1CC[C@@H](Oc2cccnc2)C1. The van der Waals surface area contributed by atoms with E-state index in [1.54, 1.807) is 22.8 Å². The molecule has 0 saturated carbocycles. The Bertz CT molecular complexity index is 572. The van der Waals surface area contributed by atoms with E-state index in [1.165, 1.54) is 0 Å². The van der Waals surface area contributed by atoms with Crippen LogP contribution < -0.4 is 4.74 Å². The van der Waals surface area contributed by atoms with Gasteiger partial charge in [-0.05, 0) is 37.8 Å². The molecule has 3 rings (SSSR count). The van der Waals surface area contributed by atoms with Crippen LogP contribution in [0.2, 0.25) is 0 Å². The average molecular weight is 326 g/mol. The second-order valence-corrected chi connectivity index (χ2v) is 7.90. The molecule has 7 heteroatoms. The second-order valence-electron chi connectivity index (χ2n) is 5.81. The summed E-state index contributed by atoms with van der Waals surface area (Å²) in [4.78, 5) is 4.00. The van der Waals surface area contributed by atoms with E-state index in [0.29, 0.717) is 31.7 Å². The lowest BCUT2D eigenvalue weighted by atomic mass is 10.2. The fraction of sp³-hybridized carbons (Fsp3) is 0.667. The Morgan fingerprint density at radius 3 is 3.05 bits per heavy atom. The summed E-state index contributed by atoms with van der Waals surface area (Å²) in [7, 11) is -3.21. The molecule has 0 radical (unpaired) electrons. The molecule has 1 aromatic heterocycles. The number of ether oxygens (including phenoxy) is 2. The van der Waals surface area contributed by atoms with Crippen LogP contribution in [0.25, 0.3) is 0 Å². The van der Waals surface area contributed by atoms with Crippen molar-refractivity contribution in [3.63, 3.8) is 0 Å². The monoisotopic (exact) mass is 326 g/mol. The first-order valence-corrected chi connectivity index (χ1v) is 9.40. The van der Waals surface area contributed by atoms with Gasteiger partial charge in [0.1, 0.15) is 11.9 Å². The van der Waals surface area contributed by atoms with Gasteiger partial charge in [-0.15, -0.1) is 0 Å². The highest BCUT2D eigenvalue weighted by molar-refractivity contribution is 7.89. The van der Waals surface area contributed by atoms with Gasteiger partial charge in [0.15, 0.2) is 0 Å². The fourth-order valence-corrected chi connectivity index (χ4v) is 4.53. The van der Waals surface area contributed by atoms with E-state index in [9.17, 15) is 8.42 Å². The Morgan fingerprint density at radius 2 is 2.32 bits per heavy atom. The maximum Gasteiger partial charge on any atom is 0.214 e. The molecule has 0 N–H and O–H groups in total. The molecule has 0 spiro atoms. The number of nitrogens with zero attached hydrogens (tertiary/aromatic N) is 2. The van der Waals surface area contributed by atoms with Crippen LogP contribution in [-0.2, 0) is 14.8 Å². The lowest BCUT2D eigenvalue weighted by Crippen LogP contribution is -2.33. The van der Waals surface area contributed by atoms with Gasteiger partial charge in [0.25, 0.3) is 0 Å². The van der Waals surface area contributed by atoms with Crippen LogP contribution in [0, 0.1) is 0 Å². The Hall–Kier alpha value is -1.18. The van der Waals surface area contributed by atoms with Crippen molar-refractivity contribution < 1.29 is 17.9 Å². The van der Waals surface area contributed by atoms with Crippen molar-refractivity contribution in [3.8, 4) is 5.75 Å². The Morgan fingerprint density at radius 1 is 1.41 bits per heavy atom. The van der Waals surface area contributed by atoms with E-state index in [0.717, 1.165) is 19.4 Å². The summed E-state index contributed by atoms with van der Waals surface area (Å²) in [5.74, 6) is 0.850. The van der Waals surface area contributed by atoms with Crippen LogP contribution in [0.15, 0.2) is 24.5 Å². The molecular weight excluding hydrogens is 304 g/mol. The third-order valence-electron chi connectivity index (χ3n) is 4.16. The molecule has 1 aromatic rings. The van der Waals surface area contributed by atoms with Crippen molar-refractivity contribution in [2.45, 2.75) is 37.9 Å². The summed E-state index contributed by atoms with van der Waals surface area (Å²) in [6, 6.07) is 3.64. The summed E-state index contributed by atoms with van der Waals surface area (Å²) in [6.07, 6.45) is 6.66. The highest BCUT2D eigenvalue weighted by Crippen LogP contribution is 2.22. The minimum Gasteiger partial charge on any atom is -0.487 e. The first-order valence-electron chi connectivity index (χ1n) is 7.79. The van der Waals surface area contributed by atoms with Crippen molar-refractivity contribution in [1.82, 2.24) is 9.29 Å². The van der Waals surface area contributed by atoms with Gasteiger partial charge in [0.2, 0.25) is 10.0 Å². The van der Waals surface area contributed by atoms with Gasteiger partial charge in [-0.25, -0.2) is 8.42 Å². The highest BCUT2D eigenvalue weighted by atomic mass is 32.2. The molecule has 122 valence electrons. The molecule has 0 unspecified atom stereocenters. The smallest absolute Gasteiger partial charge is 0.214 e. The van der Waals surface area contributed by atoms with E-state index < -0.39 is 10.0 Å². The molecule has 0 aliphatic carbocycles. The Kier molecular flexibility index (Phi) is 4.95. The summed E-state index contributed by atoms with van der Waals surface area (Å²) in [5, 5.41) is 0. The van der Waals surface area contributed by atoms with E-state index in [1.807, 2.05) is 6.07 Å². The quantitative estimate of drug-likeness (QED) is 0.791. The summed E-state index contributed by atoms with van der Waals surface area (Å²) in [6.45, 7) is 1.71. The Balaban J connectivity index is 1.50. The third kappa shape index (κ3) is 3.97. The molecule has 0 bridgehead atoms. The average Bonchev–Trinajstić information content (AvgIpc) is 3.18. The number of hydrogen-bond acceptors (Lipinski definition) is 5. The minimum absolute atomic E-state index is 0.0956. The first-order chi connectivity index (χ1) is 10.6. The number of aromatic nitrogens is 1. The van der Waals surface area contributed by atoms with Crippen molar-refractivity contribution >= 4 is 10.0 Å². The molecule has 2 atom stereocenters. The lowest BCUT2D eigenvalue weighted by molar-refractivity contribution is 0.108. The van der Waals surface area contributed by atoms with Gasteiger partial charge >= 0.3 is 0 Å². The Labute approximate surface area is 131 Å². The molecule has 2 fully saturated rings. The molecule has 0 aromatic carbocycles. The number of pyridine rings is 1. The molecule has 3 heterocycles. The maximum atomic E-state index is 12.4.